The van der Waals surface area contributed by atoms with E-state index in [1.165, 1.54) is 115 Å². The number of carbonyl (C=O) groups is 5. The van der Waals surface area contributed by atoms with Crippen LogP contribution in [0.5, 0.6) is 0 Å². The predicted molar refractivity (Wildman–Crippen MR) is 494 cm³/mol. The van der Waals surface area contributed by atoms with Gasteiger partial charge in [0, 0.05) is 44.5 Å². The zero-order valence-electron chi connectivity index (χ0n) is 79.6. The van der Waals surface area contributed by atoms with Crippen molar-refractivity contribution >= 4 is 41.7 Å². The average Bonchev–Trinajstić information content (AvgIpc) is 1.77. The second kappa shape index (κ2) is 39.7. The van der Waals surface area contributed by atoms with Gasteiger partial charge in [-0.1, -0.05) is 249 Å². The van der Waals surface area contributed by atoms with E-state index in [4.69, 9.17) is 18.9 Å². The first-order valence-electron chi connectivity index (χ1n) is 44.5. The maximum absolute atomic E-state index is 12.2. The van der Waals surface area contributed by atoms with Gasteiger partial charge < -0.3 is 50.0 Å². The second-order valence-electron chi connectivity index (χ2n) is 43.4. The number of benzene rings is 6. The third-order valence-electron chi connectivity index (χ3n) is 23.8. The summed E-state index contributed by atoms with van der Waals surface area (Å²) in [5.41, 5.74) is 24.1. The Morgan fingerprint density at radius 2 is 0.857 bits per heavy atom. The van der Waals surface area contributed by atoms with Gasteiger partial charge in [0.15, 0.2) is 0 Å². The Morgan fingerprint density at radius 3 is 1.29 bits per heavy atom. The standard InChI is InChI=1S/C19H29NO2.C18H27NO2.C18H27NO.C17H25NO2.C16H23NO2.C16H25N/c1-18(2,3)14-11-10-13-8-7-9-16(15(13)12-14)20-17(21)22-19(4,5)6;1-17(2,3)15-9-7-8-13-12-19(11-10-14(13)15)16(20)21-18(4,5)6;1-13(20)19-11-7-10-18(5,6)15-9-8-14(12-16(15)19)17(2,3)4;1-5-20-16(19)18-15-8-6-7-12-9-10-13(11-14(12)15)17(2,3)4;1-16(2,3)12-9-8-11-6-5-7-14(13(11)10-12)17-15(18)19-4;1-15(2,3)12-7-8-13-14(11-12)17-10-6-9-16(13,4)5/h10-12,16H,7-9H2,1-6H3,(H,20,21);7-9H,10-12H2,1-6H3;8-9,12H,7,10-11H2,1-6H3;9-11,15H,5-8H2,1-4H3,(H,18,19);8-10,14H,5-7H2,1-4H3,(H,17,18);7-8,11,17H,6,9-10H2,1-5H3. The minimum absolute atomic E-state index is 0.0564. The van der Waals surface area contributed by atoms with Crippen molar-refractivity contribution in [3.63, 3.8) is 0 Å². The smallest absolute Gasteiger partial charge is 0.410 e. The van der Waals surface area contributed by atoms with Gasteiger partial charge >= 0.3 is 24.4 Å². The van der Waals surface area contributed by atoms with Gasteiger partial charge in [-0.2, -0.15) is 0 Å². The van der Waals surface area contributed by atoms with Gasteiger partial charge in [0.05, 0.1) is 31.8 Å². The molecule has 15 nitrogen and oxygen atoms in total. The number of rotatable bonds is 4. The van der Waals surface area contributed by atoms with Crippen molar-refractivity contribution in [1.29, 1.82) is 0 Å². The topological polar surface area (TPSA) is 177 Å². The highest BCUT2D eigenvalue weighted by atomic mass is 16.6. The molecule has 3 aliphatic carbocycles. The first-order valence-corrected chi connectivity index (χ1v) is 44.5. The molecule has 0 spiro atoms. The quantitative estimate of drug-likeness (QED) is 0.124. The fraction of sp³-hybridized carbons (Fsp3) is 0.606. The lowest BCUT2D eigenvalue weighted by Crippen LogP contribution is -2.40. The summed E-state index contributed by atoms with van der Waals surface area (Å²) >= 11 is 0. The molecular formula is C104H156N6O9. The van der Waals surface area contributed by atoms with Gasteiger partial charge in [0.25, 0.3) is 0 Å². The summed E-state index contributed by atoms with van der Waals surface area (Å²) in [6.07, 6.45) is 14.0. The summed E-state index contributed by atoms with van der Waals surface area (Å²) in [4.78, 5) is 63.2. The Bertz CT molecular complexity index is 4430. The number of ether oxygens (including phenoxy) is 4. The normalized spacial score (nSPS) is 18.1. The number of methoxy groups -OCH3 is 1. The van der Waals surface area contributed by atoms with Crippen LogP contribution in [0.25, 0.3) is 0 Å². The van der Waals surface area contributed by atoms with Crippen LogP contribution in [0, 0.1) is 0 Å². The highest BCUT2D eigenvalue weighted by Crippen LogP contribution is 2.44. The first-order chi connectivity index (χ1) is 54.9. The number of fused-ring (bicyclic) bond motifs is 6. The Kier molecular flexibility index (Phi) is 32.6. The number of aryl methyl sites for hydroxylation is 3. The van der Waals surface area contributed by atoms with Crippen LogP contribution in [-0.4, -0.2) is 79.7 Å². The lowest BCUT2D eigenvalue weighted by atomic mass is 9.78. The number of amides is 5. The molecule has 0 bridgehead atoms. The molecule has 3 heterocycles. The van der Waals surface area contributed by atoms with Crippen LogP contribution in [0.1, 0.15) is 379 Å². The van der Waals surface area contributed by atoms with Crippen LogP contribution >= 0.6 is 0 Å². The van der Waals surface area contributed by atoms with Gasteiger partial charge in [0.1, 0.15) is 11.2 Å². The van der Waals surface area contributed by atoms with Gasteiger partial charge in [-0.25, -0.2) is 19.2 Å². The SMILES string of the molecule is CC(=O)N1CCCC(C)(C)c2ccc(C(C)(C)C)cc21.CC(C)(C)OC(=O)N1CCc2c(cccc2C(C)(C)C)C1.CC(C)(C)OC(=O)NC1CCCc2ccc(C(C)(C)C)cc21.CC(C)(C)c1ccc2c(c1)NCCCC2(C)C.CCOC(=O)NC1CCCc2ccc(C(C)(C)C)cc21.COC(=O)NC1CCCc2ccc(C(C)(C)C)cc21. The molecule has 656 valence electrons. The Hall–Kier alpha value is -8.33. The lowest BCUT2D eigenvalue weighted by Gasteiger charge is -2.34. The number of hydrogen-bond donors (Lipinski definition) is 4. The van der Waals surface area contributed by atoms with E-state index < -0.39 is 11.2 Å². The molecule has 3 aliphatic heterocycles. The molecule has 4 N–H and O–H groups in total. The van der Waals surface area contributed by atoms with Crippen LogP contribution in [0.3, 0.4) is 0 Å². The summed E-state index contributed by atoms with van der Waals surface area (Å²) in [5, 5.41) is 12.6. The molecule has 3 unspecified atom stereocenters. The molecule has 0 aromatic heterocycles. The molecule has 3 atom stereocenters. The molecule has 6 aliphatic rings. The molecular weight excluding hydrogens is 1480 g/mol. The van der Waals surface area contributed by atoms with Crippen molar-refractivity contribution in [3.8, 4) is 0 Å². The largest absolute Gasteiger partial charge is 0.453 e. The van der Waals surface area contributed by atoms with Gasteiger partial charge in [0.2, 0.25) is 5.91 Å². The molecule has 6 aromatic carbocycles. The highest BCUT2D eigenvalue weighted by molar-refractivity contribution is 5.93. The van der Waals surface area contributed by atoms with Gasteiger partial charge in [-0.15, -0.1) is 0 Å². The summed E-state index contributed by atoms with van der Waals surface area (Å²) in [7, 11) is 1.41. The van der Waals surface area contributed by atoms with Gasteiger partial charge in [-0.05, 0) is 283 Å². The molecule has 0 saturated carbocycles. The minimum atomic E-state index is -0.463. The molecule has 6 aromatic rings. The molecule has 5 amide bonds. The third kappa shape index (κ3) is 28.4. The highest BCUT2D eigenvalue weighted by Gasteiger charge is 2.36. The number of alkyl carbamates (subject to hydrolysis) is 3. The maximum Gasteiger partial charge on any atom is 0.410 e. The Morgan fingerprint density at radius 1 is 0.445 bits per heavy atom. The van der Waals surface area contributed by atoms with Crippen LogP contribution in [0.4, 0.5) is 30.6 Å². The van der Waals surface area contributed by atoms with Crippen LogP contribution in [0.2, 0.25) is 0 Å². The molecule has 12 rings (SSSR count). The van der Waals surface area contributed by atoms with Crippen LogP contribution in [0.15, 0.2) is 109 Å². The zero-order chi connectivity index (χ0) is 89.0. The van der Waals surface area contributed by atoms with E-state index in [1.54, 1.807) is 11.8 Å². The fourth-order valence-corrected chi connectivity index (χ4v) is 16.7. The Balaban J connectivity index is 0.000000197. The molecule has 0 saturated heterocycles. The number of nitrogens with zero attached hydrogens (tertiary/aromatic N) is 2. The monoisotopic (exact) mass is 1630 g/mol. The number of hydrogen-bond acceptors (Lipinski definition) is 10. The summed E-state index contributed by atoms with van der Waals surface area (Å²) in [6, 6.07) is 40.4. The van der Waals surface area contributed by atoms with Crippen LogP contribution in [-0.2, 0) is 99.3 Å². The van der Waals surface area contributed by atoms with E-state index in [0.717, 1.165) is 102 Å². The van der Waals surface area contributed by atoms with Crippen molar-refractivity contribution in [2.24, 2.45) is 0 Å². The van der Waals surface area contributed by atoms with E-state index in [1.807, 2.05) is 53.4 Å². The number of anilines is 2. The van der Waals surface area contributed by atoms with E-state index in [9.17, 15) is 24.0 Å². The molecule has 119 heavy (non-hydrogen) atoms. The molecule has 0 radical (unpaired) electrons. The maximum atomic E-state index is 12.2. The number of carbonyl (C=O) groups excluding carboxylic acids is 5. The predicted octanol–water partition coefficient (Wildman–Crippen LogP) is 25.9. The summed E-state index contributed by atoms with van der Waals surface area (Å²) in [6.45, 7) is 68.0. The molecule has 15 heteroatoms. The molecule has 0 fully saturated rings. The fourth-order valence-electron chi connectivity index (χ4n) is 16.7. The zero-order valence-corrected chi connectivity index (χ0v) is 79.6. The second-order valence-corrected chi connectivity index (χ2v) is 43.4. The van der Waals surface area contributed by atoms with Crippen molar-refractivity contribution in [2.45, 2.75) is 377 Å². The van der Waals surface area contributed by atoms with Crippen molar-refractivity contribution in [2.75, 3.05) is 43.6 Å². The Labute approximate surface area is 720 Å². The van der Waals surface area contributed by atoms with E-state index in [2.05, 4.69) is 283 Å². The summed E-state index contributed by atoms with van der Waals surface area (Å²) < 4.78 is 20.6. The number of nitrogens with one attached hydrogen (secondary N) is 4. The lowest BCUT2D eigenvalue weighted by molar-refractivity contribution is -0.116. The van der Waals surface area contributed by atoms with Crippen LogP contribution < -0.4 is 26.2 Å². The van der Waals surface area contributed by atoms with Crippen molar-refractivity contribution in [3.05, 3.63) is 198 Å². The summed E-state index contributed by atoms with van der Waals surface area (Å²) in [5.74, 6) is 0.148. The van der Waals surface area contributed by atoms with E-state index in [0.29, 0.717) is 18.6 Å². The third-order valence-corrected chi connectivity index (χ3v) is 23.8. The average molecular weight is 1630 g/mol. The van der Waals surface area contributed by atoms with Crippen molar-refractivity contribution in [1.82, 2.24) is 20.9 Å². The van der Waals surface area contributed by atoms with Crippen molar-refractivity contribution < 1.29 is 42.9 Å². The van der Waals surface area contributed by atoms with E-state index in [-0.39, 0.29) is 86.3 Å². The van der Waals surface area contributed by atoms with Gasteiger partial charge in [-0.3, -0.25) is 4.79 Å². The first kappa shape index (κ1) is 97.8. The van der Waals surface area contributed by atoms with E-state index >= 15 is 0 Å². The minimum Gasteiger partial charge on any atom is -0.453 e.